The van der Waals surface area contributed by atoms with Crippen molar-refractivity contribution in [2.75, 3.05) is 0 Å². The maximum Gasteiger partial charge on any atom is 0.434 e. The normalized spacial score (nSPS) is 17.8. The van der Waals surface area contributed by atoms with E-state index in [1.807, 2.05) is 0 Å². The smallest absolute Gasteiger partial charge is 0.434 e. The van der Waals surface area contributed by atoms with Crippen molar-refractivity contribution in [3.63, 3.8) is 0 Å². The average molecular weight is 292 g/mol. The first kappa shape index (κ1) is 15.6. The number of nitrogens with zero attached hydrogens (tertiary/aromatic N) is 2. The number of rotatable bonds is 1. The van der Waals surface area contributed by atoms with Crippen molar-refractivity contribution in [2.24, 2.45) is 4.99 Å². The Labute approximate surface area is 125 Å². The van der Waals surface area contributed by atoms with Gasteiger partial charge in [0.1, 0.15) is 5.60 Å². The van der Waals surface area contributed by atoms with Crippen LogP contribution < -0.4 is 5.36 Å². The minimum absolute atomic E-state index is 0.331. The third-order valence-corrected chi connectivity index (χ3v) is 3.58. The van der Waals surface area contributed by atoms with Crippen LogP contribution in [0.15, 0.2) is 23.3 Å². The summed E-state index contributed by atoms with van der Waals surface area (Å²) in [6, 6.07) is 3.39. The lowest BCUT2D eigenvalue weighted by Crippen LogP contribution is -2.23. The van der Waals surface area contributed by atoms with Gasteiger partial charge in [-0.25, -0.2) is 4.79 Å². The van der Waals surface area contributed by atoms with Gasteiger partial charge in [0.2, 0.25) is 0 Å². The molecule has 1 fully saturated rings. The van der Waals surface area contributed by atoms with Crippen molar-refractivity contribution in [1.29, 1.82) is 0 Å². The monoisotopic (exact) mass is 292 g/mol. The van der Waals surface area contributed by atoms with Crippen LogP contribution in [0, 0.1) is 0 Å². The number of carbonyl (C=O) groups excluding carboxylic acids is 1. The summed E-state index contributed by atoms with van der Waals surface area (Å²) in [5, 5.41) is 10.5. The maximum atomic E-state index is 11.7. The van der Waals surface area contributed by atoms with E-state index in [2.05, 4.69) is 4.99 Å². The molecule has 0 aliphatic heterocycles. The summed E-state index contributed by atoms with van der Waals surface area (Å²) in [5.74, 6) is 0.331. The highest BCUT2D eigenvalue weighted by molar-refractivity contribution is 5.68. The fourth-order valence-electron chi connectivity index (χ4n) is 2.66. The highest BCUT2D eigenvalue weighted by Gasteiger charge is 2.19. The Balaban J connectivity index is 2.23. The highest BCUT2D eigenvalue weighted by atomic mass is 16.6. The summed E-state index contributed by atoms with van der Waals surface area (Å²) >= 11 is 0. The van der Waals surface area contributed by atoms with Crippen LogP contribution in [0.2, 0.25) is 0 Å². The Hall–Kier alpha value is -1.78. The molecule has 1 aliphatic rings. The number of aromatic nitrogens is 1. The molecule has 1 aromatic heterocycles. The third kappa shape index (κ3) is 4.62. The number of ether oxygens (including phenoxy) is 1. The first-order valence-electron chi connectivity index (χ1n) is 7.55. The Kier molecular flexibility index (Phi) is 4.70. The van der Waals surface area contributed by atoms with E-state index in [0.29, 0.717) is 11.3 Å². The van der Waals surface area contributed by atoms with Crippen LogP contribution in [0.1, 0.15) is 64.5 Å². The van der Waals surface area contributed by atoms with Gasteiger partial charge in [-0.2, -0.15) is 9.72 Å². The Morgan fingerprint density at radius 3 is 2.62 bits per heavy atom. The number of pyridine rings is 1. The molecule has 1 saturated carbocycles. The molecule has 21 heavy (non-hydrogen) atoms. The van der Waals surface area contributed by atoms with E-state index in [9.17, 15) is 10.0 Å². The van der Waals surface area contributed by atoms with Crippen molar-refractivity contribution in [3.8, 4) is 0 Å². The van der Waals surface area contributed by atoms with Crippen molar-refractivity contribution < 1.29 is 14.7 Å². The van der Waals surface area contributed by atoms with Crippen LogP contribution >= 0.6 is 0 Å². The number of carbonyl (C=O) groups is 1. The molecule has 5 nitrogen and oxygen atoms in total. The van der Waals surface area contributed by atoms with Gasteiger partial charge in [-0.3, -0.25) is 0 Å². The molecule has 0 spiro atoms. The Morgan fingerprint density at radius 1 is 1.33 bits per heavy atom. The lowest BCUT2D eigenvalue weighted by atomic mass is 9.86. The van der Waals surface area contributed by atoms with E-state index in [-0.39, 0.29) is 0 Å². The molecule has 116 valence electrons. The lowest BCUT2D eigenvalue weighted by molar-refractivity contribution is 0.0597. The first-order chi connectivity index (χ1) is 9.85. The summed E-state index contributed by atoms with van der Waals surface area (Å²) in [4.78, 5) is 15.7. The predicted molar refractivity (Wildman–Crippen MR) is 79.2 cm³/mol. The summed E-state index contributed by atoms with van der Waals surface area (Å²) in [7, 11) is 0. The van der Waals surface area contributed by atoms with Gasteiger partial charge in [-0.1, -0.05) is 19.3 Å². The van der Waals surface area contributed by atoms with E-state index in [4.69, 9.17) is 4.74 Å². The van der Waals surface area contributed by atoms with Crippen LogP contribution in [0.5, 0.6) is 0 Å². The van der Waals surface area contributed by atoms with Gasteiger partial charge in [0.05, 0.1) is 11.1 Å². The quantitative estimate of drug-likeness (QED) is 0.804. The van der Waals surface area contributed by atoms with Gasteiger partial charge in [0.15, 0.2) is 0 Å². The van der Waals surface area contributed by atoms with Crippen molar-refractivity contribution in [2.45, 2.75) is 64.4 Å². The molecule has 1 aromatic rings. The fraction of sp³-hybridized carbons (Fsp3) is 0.625. The zero-order valence-electron chi connectivity index (χ0n) is 13.0. The minimum Gasteiger partial charge on any atom is -0.442 e. The molecule has 1 heterocycles. The van der Waals surface area contributed by atoms with Gasteiger partial charge in [-0.05, 0) is 45.7 Å². The first-order valence-corrected chi connectivity index (χ1v) is 7.55. The maximum absolute atomic E-state index is 11.7. The molecule has 5 heteroatoms. The van der Waals surface area contributed by atoms with Crippen molar-refractivity contribution >= 4 is 6.09 Å². The van der Waals surface area contributed by atoms with Crippen LogP contribution in [0.25, 0.3) is 0 Å². The van der Waals surface area contributed by atoms with Crippen LogP contribution in [-0.2, 0) is 4.74 Å². The summed E-state index contributed by atoms with van der Waals surface area (Å²) in [5.41, 5.74) is 0.262. The average Bonchev–Trinajstić information content (AvgIpc) is 2.40. The molecule has 1 aliphatic carbocycles. The molecule has 0 saturated heterocycles. The molecule has 2 rings (SSSR count). The van der Waals surface area contributed by atoms with E-state index < -0.39 is 11.7 Å². The molecule has 0 atom stereocenters. The summed E-state index contributed by atoms with van der Waals surface area (Å²) in [6.45, 7) is 5.42. The predicted octanol–water partition coefficient (Wildman–Crippen LogP) is 3.61. The van der Waals surface area contributed by atoms with E-state index in [0.717, 1.165) is 23.3 Å². The Bertz CT molecular complexity index is 564. The number of hydrogen-bond acceptors (Lipinski definition) is 3. The van der Waals surface area contributed by atoms with Gasteiger partial charge in [0, 0.05) is 12.1 Å². The molecular formula is C16H24N2O3. The third-order valence-electron chi connectivity index (χ3n) is 3.58. The van der Waals surface area contributed by atoms with Crippen LogP contribution in [0.4, 0.5) is 4.79 Å². The molecule has 0 unspecified atom stereocenters. The SMILES string of the molecule is CC(C)(C)OC(=O)/N=c1\ccn(O)c(C2CCCCC2)c1. The number of hydrogen-bond donors (Lipinski definition) is 1. The van der Waals surface area contributed by atoms with Gasteiger partial charge in [0.25, 0.3) is 0 Å². The zero-order valence-corrected chi connectivity index (χ0v) is 13.0. The molecule has 0 aromatic carbocycles. The van der Waals surface area contributed by atoms with Crippen molar-refractivity contribution in [3.05, 3.63) is 29.4 Å². The molecule has 0 bridgehead atoms. The van der Waals surface area contributed by atoms with Crippen molar-refractivity contribution in [1.82, 2.24) is 4.73 Å². The van der Waals surface area contributed by atoms with Gasteiger partial charge >= 0.3 is 6.09 Å². The second-order valence-electron chi connectivity index (χ2n) is 6.58. The molecule has 1 N–H and O–H groups in total. The van der Waals surface area contributed by atoms with E-state index in [1.165, 1.54) is 25.5 Å². The minimum atomic E-state index is -0.604. The standard InChI is InChI=1S/C16H24N2O3/c1-16(2,3)21-15(19)17-13-9-10-18(20)14(11-13)12-7-5-4-6-8-12/h9-12,20H,4-8H2,1-3H3/b17-13+. The second-order valence-corrected chi connectivity index (χ2v) is 6.58. The van der Waals surface area contributed by atoms with E-state index >= 15 is 0 Å². The highest BCUT2D eigenvalue weighted by Crippen LogP contribution is 2.31. The Morgan fingerprint density at radius 2 is 2.00 bits per heavy atom. The van der Waals surface area contributed by atoms with E-state index in [1.54, 1.807) is 32.9 Å². The van der Waals surface area contributed by atoms with Crippen LogP contribution in [-0.4, -0.2) is 21.6 Å². The summed E-state index contributed by atoms with van der Waals surface area (Å²) in [6.07, 6.45) is 6.67. The zero-order chi connectivity index (χ0) is 15.5. The largest absolute Gasteiger partial charge is 0.442 e. The fourth-order valence-corrected chi connectivity index (χ4v) is 2.66. The van der Waals surface area contributed by atoms with Gasteiger partial charge in [-0.15, -0.1) is 0 Å². The van der Waals surface area contributed by atoms with Gasteiger partial charge < -0.3 is 9.94 Å². The molecular weight excluding hydrogens is 268 g/mol. The van der Waals surface area contributed by atoms with Crippen LogP contribution in [0.3, 0.4) is 0 Å². The molecule has 0 radical (unpaired) electrons. The lowest BCUT2D eigenvalue weighted by Gasteiger charge is -2.23. The summed E-state index contributed by atoms with van der Waals surface area (Å²) < 4.78 is 6.33. The molecule has 1 amide bonds. The topological polar surface area (TPSA) is 63.8 Å². The second kappa shape index (κ2) is 6.33. The number of amides is 1.